The van der Waals surface area contributed by atoms with Gasteiger partial charge in [-0.2, -0.15) is 0 Å². The first kappa shape index (κ1) is 14.3. The standard InChI is InChI=1S/C16H32N2/c1-5-14(6-2)18-11-16(13-7-8-13)17-10-15(18)9-12(3)4/h12-17H,5-11H2,1-4H3. The Morgan fingerprint density at radius 2 is 1.83 bits per heavy atom. The monoisotopic (exact) mass is 252 g/mol. The Labute approximate surface area is 114 Å². The van der Waals surface area contributed by atoms with Crippen molar-refractivity contribution in [1.82, 2.24) is 10.2 Å². The summed E-state index contributed by atoms with van der Waals surface area (Å²) in [6.07, 6.45) is 6.89. The smallest absolute Gasteiger partial charge is 0.0226 e. The van der Waals surface area contributed by atoms with Gasteiger partial charge < -0.3 is 5.32 Å². The van der Waals surface area contributed by atoms with E-state index in [9.17, 15) is 0 Å². The van der Waals surface area contributed by atoms with Crippen LogP contribution in [0.25, 0.3) is 0 Å². The quantitative estimate of drug-likeness (QED) is 0.780. The van der Waals surface area contributed by atoms with Gasteiger partial charge in [0.25, 0.3) is 0 Å². The fourth-order valence-corrected chi connectivity index (χ4v) is 3.63. The van der Waals surface area contributed by atoms with Gasteiger partial charge in [-0.05, 0) is 43.9 Å². The molecule has 0 radical (unpaired) electrons. The lowest BCUT2D eigenvalue weighted by Gasteiger charge is -2.45. The van der Waals surface area contributed by atoms with E-state index >= 15 is 0 Å². The molecule has 2 heteroatoms. The highest BCUT2D eigenvalue weighted by molar-refractivity contribution is 4.96. The van der Waals surface area contributed by atoms with E-state index in [4.69, 9.17) is 0 Å². The van der Waals surface area contributed by atoms with E-state index in [1.165, 1.54) is 45.2 Å². The van der Waals surface area contributed by atoms with Crippen molar-refractivity contribution in [2.75, 3.05) is 13.1 Å². The molecule has 18 heavy (non-hydrogen) atoms. The Morgan fingerprint density at radius 3 is 2.33 bits per heavy atom. The van der Waals surface area contributed by atoms with Crippen molar-refractivity contribution in [3.63, 3.8) is 0 Å². The molecule has 0 aromatic carbocycles. The van der Waals surface area contributed by atoms with Gasteiger partial charge in [-0.25, -0.2) is 0 Å². The molecule has 0 bridgehead atoms. The molecule has 1 aliphatic heterocycles. The van der Waals surface area contributed by atoms with Crippen molar-refractivity contribution in [3.8, 4) is 0 Å². The van der Waals surface area contributed by atoms with Crippen LogP contribution in [0.15, 0.2) is 0 Å². The fraction of sp³-hybridized carbons (Fsp3) is 1.00. The van der Waals surface area contributed by atoms with Gasteiger partial charge in [0, 0.05) is 31.2 Å². The minimum Gasteiger partial charge on any atom is -0.311 e. The largest absolute Gasteiger partial charge is 0.311 e. The van der Waals surface area contributed by atoms with E-state index in [-0.39, 0.29) is 0 Å². The number of piperazine rings is 1. The van der Waals surface area contributed by atoms with Crippen molar-refractivity contribution < 1.29 is 0 Å². The molecule has 2 unspecified atom stereocenters. The predicted molar refractivity (Wildman–Crippen MR) is 78.8 cm³/mol. The molecule has 1 saturated carbocycles. The van der Waals surface area contributed by atoms with E-state index in [2.05, 4.69) is 37.9 Å². The average Bonchev–Trinajstić information content (AvgIpc) is 3.16. The highest BCUT2D eigenvalue weighted by Crippen LogP contribution is 2.35. The van der Waals surface area contributed by atoms with E-state index in [0.717, 1.165) is 30.0 Å². The summed E-state index contributed by atoms with van der Waals surface area (Å²) in [4.78, 5) is 2.85. The molecule has 2 rings (SSSR count). The maximum absolute atomic E-state index is 3.83. The first-order chi connectivity index (χ1) is 8.65. The zero-order valence-electron chi connectivity index (χ0n) is 12.8. The lowest BCUT2D eigenvalue weighted by Crippen LogP contribution is -2.60. The highest BCUT2D eigenvalue weighted by Gasteiger charge is 2.38. The first-order valence-corrected chi connectivity index (χ1v) is 8.14. The minimum absolute atomic E-state index is 0.768. The molecule has 1 saturated heterocycles. The SMILES string of the molecule is CCC(CC)N1CC(C2CC2)NCC1CC(C)C. The molecular weight excluding hydrogens is 220 g/mol. The normalized spacial score (nSPS) is 30.3. The molecule has 106 valence electrons. The highest BCUT2D eigenvalue weighted by atomic mass is 15.3. The third-order valence-corrected chi connectivity index (χ3v) is 4.84. The second-order valence-corrected chi connectivity index (χ2v) is 6.80. The van der Waals surface area contributed by atoms with Gasteiger partial charge >= 0.3 is 0 Å². The van der Waals surface area contributed by atoms with Gasteiger partial charge in [-0.15, -0.1) is 0 Å². The molecule has 0 aromatic heterocycles. The van der Waals surface area contributed by atoms with Crippen molar-refractivity contribution in [2.24, 2.45) is 11.8 Å². The second-order valence-electron chi connectivity index (χ2n) is 6.80. The molecule has 2 fully saturated rings. The second kappa shape index (κ2) is 6.38. The molecule has 2 nitrogen and oxygen atoms in total. The average molecular weight is 252 g/mol. The zero-order chi connectivity index (χ0) is 13.1. The third-order valence-electron chi connectivity index (χ3n) is 4.84. The number of rotatable bonds is 6. The predicted octanol–water partition coefficient (Wildman–Crippen LogP) is 3.27. The van der Waals surface area contributed by atoms with Gasteiger partial charge in [-0.3, -0.25) is 4.90 Å². The summed E-state index contributed by atoms with van der Waals surface area (Å²) in [6, 6.07) is 2.36. The Hall–Kier alpha value is -0.0800. The van der Waals surface area contributed by atoms with Crippen LogP contribution in [0.1, 0.15) is 59.8 Å². The van der Waals surface area contributed by atoms with Crippen LogP contribution in [-0.4, -0.2) is 36.1 Å². The maximum atomic E-state index is 3.83. The summed E-state index contributed by atoms with van der Waals surface area (Å²) in [6.45, 7) is 11.9. The lowest BCUT2D eigenvalue weighted by molar-refractivity contribution is 0.0599. The van der Waals surface area contributed by atoms with Crippen molar-refractivity contribution >= 4 is 0 Å². The molecule has 0 spiro atoms. The summed E-state index contributed by atoms with van der Waals surface area (Å²) in [5.41, 5.74) is 0. The number of nitrogens with zero attached hydrogens (tertiary/aromatic N) is 1. The van der Waals surface area contributed by atoms with Crippen LogP contribution < -0.4 is 5.32 Å². The van der Waals surface area contributed by atoms with Crippen molar-refractivity contribution in [3.05, 3.63) is 0 Å². The van der Waals surface area contributed by atoms with E-state index < -0.39 is 0 Å². The van der Waals surface area contributed by atoms with Crippen LogP contribution in [0.4, 0.5) is 0 Å². The summed E-state index contributed by atoms with van der Waals surface area (Å²) in [7, 11) is 0. The molecule has 0 aromatic rings. The van der Waals surface area contributed by atoms with E-state index in [1.807, 2.05) is 0 Å². The van der Waals surface area contributed by atoms with Gasteiger partial charge in [0.2, 0.25) is 0 Å². The zero-order valence-corrected chi connectivity index (χ0v) is 12.8. The van der Waals surface area contributed by atoms with Crippen molar-refractivity contribution in [2.45, 2.75) is 77.9 Å². The molecule has 1 N–H and O–H groups in total. The summed E-state index contributed by atoms with van der Waals surface area (Å²) < 4.78 is 0. The third kappa shape index (κ3) is 3.48. The first-order valence-electron chi connectivity index (χ1n) is 8.14. The molecule has 2 aliphatic rings. The molecule has 2 atom stereocenters. The van der Waals surface area contributed by atoms with Gasteiger partial charge in [0.05, 0.1) is 0 Å². The molecule has 0 amide bonds. The Balaban J connectivity index is 1.99. The number of nitrogens with one attached hydrogen (secondary N) is 1. The van der Waals surface area contributed by atoms with Crippen LogP contribution in [0.3, 0.4) is 0 Å². The lowest BCUT2D eigenvalue weighted by atomic mass is 9.94. The number of hydrogen-bond acceptors (Lipinski definition) is 2. The Bertz CT molecular complexity index is 243. The van der Waals surface area contributed by atoms with Crippen LogP contribution in [-0.2, 0) is 0 Å². The van der Waals surface area contributed by atoms with Crippen LogP contribution in [0.2, 0.25) is 0 Å². The summed E-state index contributed by atoms with van der Waals surface area (Å²) in [5.74, 6) is 1.80. The molecule has 1 aliphatic carbocycles. The van der Waals surface area contributed by atoms with Crippen molar-refractivity contribution in [1.29, 1.82) is 0 Å². The van der Waals surface area contributed by atoms with Crippen LogP contribution >= 0.6 is 0 Å². The minimum atomic E-state index is 0.768. The summed E-state index contributed by atoms with van der Waals surface area (Å²) >= 11 is 0. The maximum Gasteiger partial charge on any atom is 0.0226 e. The van der Waals surface area contributed by atoms with Gasteiger partial charge in [-0.1, -0.05) is 27.7 Å². The Morgan fingerprint density at radius 1 is 1.17 bits per heavy atom. The number of hydrogen-bond donors (Lipinski definition) is 1. The molecular formula is C16H32N2. The fourth-order valence-electron chi connectivity index (χ4n) is 3.63. The van der Waals surface area contributed by atoms with Gasteiger partial charge in [0.1, 0.15) is 0 Å². The van der Waals surface area contributed by atoms with Gasteiger partial charge in [0.15, 0.2) is 0 Å². The van der Waals surface area contributed by atoms with E-state index in [0.29, 0.717) is 0 Å². The summed E-state index contributed by atoms with van der Waals surface area (Å²) in [5, 5.41) is 3.83. The molecule has 1 heterocycles. The Kier molecular flexibility index (Phi) is 5.08. The van der Waals surface area contributed by atoms with Crippen LogP contribution in [0.5, 0.6) is 0 Å². The van der Waals surface area contributed by atoms with E-state index in [1.54, 1.807) is 0 Å². The topological polar surface area (TPSA) is 15.3 Å². The van der Waals surface area contributed by atoms with Crippen LogP contribution in [0, 0.1) is 11.8 Å².